The highest BCUT2D eigenvalue weighted by molar-refractivity contribution is 6.31. The summed E-state index contributed by atoms with van der Waals surface area (Å²) in [6, 6.07) is 3.31. The largest absolute Gasteiger partial charge is 0.207 e. The van der Waals surface area contributed by atoms with E-state index in [1.165, 1.54) is 6.07 Å². The van der Waals surface area contributed by atoms with Crippen LogP contribution < -0.4 is 0 Å². The van der Waals surface area contributed by atoms with Gasteiger partial charge in [0.2, 0.25) is 0 Å². The highest BCUT2D eigenvalue weighted by Crippen LogP contribution is 2.27. The molecule has 80 valence electrons. The molecule has 2 heteroatoms. The third-order valence-corrected chi connectivity index (χ3v) is 2.11. The van der Waals surface area contributed by atoms with Crippen molar-refractivity contribution in [2.45, 2.75) is 40.5 Å². The number of aryl methyl sites for hydroxylation is 1. The van der Waals surface area contributed by atoms with Gasteiger partial charge in [-0.3, -0.25) is 0 Å². The second-order valence-electron chi connectivity index (χ2n) is 3.30. The van der Waals surface area contributed by atoms with E-state index in [9.17, 15) is 4.39 Å². The number of benzene rings is 1. The second-order valence-corrected chi connectivity index (χ2v) is 3.70. The molecule has 0 aliphatic rings. The fraction of sp³-hybridized carbons (Fsp3) is 0.500. The maximum absolute atomic E-state index is 13.3. The van der Waals surface area contributed by atoms with E-state index >= 15 is 0 Å². The molecule has 0 nitrogen and oxygen atoms in total. The standard InChI is InChI=1S/C10H12ClF.C2H6/c1-6(2)10-8(11)4-7(3)5-9(10)12;1-2/h4-6H,1-3H3;1-2H3. The third kappa shape index (κ3) is 3.30. The van der Waals surface area contributed by atoms with Crippen molar-refractivity contribution in [3.8, 4) is 0 Å². The quantitative estimate of drug-likeness (QED) is 0.624. The summed E-state index contributed by atoms with van der Waals surface area (Å²) >= 11 is 5.89. The Hall–Kier alpha value is -0.560. The van der Waals surface area contributed by atoms with E-state index in [1.807, 2.05) is 34.6 Å². The smallest absolute Gasteiger partial charge is 0.128 e. The normalized spacial score (nSPS) is 9.71. The molecule has 0 unspecified atom stereocenters. The fourth-order valence-corrected chi connectivity index (χ4v) is 1.74. The van der Waals surface area contributed by atoms with Gasteiger partial charge in [-0.15, -0.1) is 0 Å². The van der Waals surface area contributed by atoms with Gasteiger partial charge in [-0.25, -0.2) is 4.39 Å². The van der Waals surface area contributed by atoms with Crippen LogP contribution in [0.25, 0.3) is 0 Å². The maximum Gasteiger partial charge on any atom is 0.128 e. The molecular weight excluding hydrogens is 199 g/mol. The Morgan fingerprint density at radius 1 is 1.21 bits per heavy atom. The van der Waals surface area contributed by atoms with E-state index < -0.39 is 0 Å². The molecule has 0 amide bonds. The average molecular weight is 217 g/mol. The molecule has 0 atom stereocenters. The zero-order chi connectivity index (χ0) is 11.3. The Morgan fingerprint density at radius 2 is 1.71 bits per heavy atom. The summed E-state index contributed by atoms with van der Waals surface area (Å²) in [4.78, 5) is 0. The van der Waals surface area contributed by atoms with Crippen molar-refractivity contribution in [2.24, 2.45) is 0 Å². The number of halogens is 2. The molecule has 0 saturated heterocycles. The van der Waals surface area contributed by atoms with Crippen molar-refractivity contribution in [3.63, 3.8) is 0 Å². The van der Waals surface area contributed by atoms with Gasteiger partial charge in [-0.05, 0) is 30.5 Å². The third-order valence-electron chi connectivity index (χ3n) is 1.80. The molecule has 0 aliphatic carbocycles. The maximum atomic E-state index is 13.3. The molecule has 0 bridgehead atoms. The molecule has 0 fully saturated rings. The van der Waals surface area contributed by atoms with Gasteiger partial charge in [-0.2, -0.15) is 0 Å². The Kier molecular flexibility index (Phi) is 5.78. The van der Waals surface area contributed by atoms with Gasteiger partial charge in [-0.1, -0.05) is 39.3 Å². The van der Waals surface area contributed by atoms with Gasteiger partial charge in [0.15, 0.2) is 0 Å². The van der Waals surface area contributed by atoms with E-state index in [2.05, 4.69) is 0 Å². The first kappa shape index (κ1) is 13.4. The van der Waals surface area contributed by atoms with Crippen LogP contribution in [-0.2, 0) is 0 Å². The molecule has 0 spiro atoms. The summed E-state index contributed by atoms with van der Waals surface area (Å²) in [6.07, 6.45) is 0. The van der Waals surface area contributed by atoms with Gasteiger partial charge in [0.1, 0.15) is 5.82 Å². The van der Waals surface area contributed by atoms with Crippen LogP contribution in [0, 0.1) is 12.7 Å². The summed E-state index contributed by atoms with van der Waals surface area (Å²) in [5.41, 5.74) is 1.48. The Morgan fingerprint density at radius 3 is 2.07 bits per heavy atom. The van der Waals surface area contributed by atoms with E-state index in [0.29, 0.717) is 10.6 Å². The van der Waals surface area contributed by atoms with Crippen molar-refractivity contribution >= 4 is 11.6 Å². The first-order valence-electron chi connectivity index (χ1n) is 4.98. The highest BCUT2D eigenvalue weighted by atomic mass is 35.5. The zero-order valence-corrected chi connectivity index (χ0v) is 10.2. The summed E-state index contributed by atoms with van der Waals surface area (Å²) in [5, 5.41) is 0.530. The van der Waals surface area contributed by atoms with Gasteiger partial charge >= 0.3 is 0 Å². The van der Waals surface area contributed by atoms with Crippen LogP contribution in [0.5, 0.6) is 0 Å². The van der Waals surface area contributed by atoms with Gasteiger partial charge in [0.05, 0.1) is 0 Å². The Labute approximate surface area is 91.1 Å². The summed E-state index contributed by atoms with van der Waals surface area (Å²) in [7, 11) is 0. The summed E-state index contributed by atoms with van der Waals surface area (Å²) in [6.45, 7) is 9.69. The molecule has 0 saturated carbocycles. The average Bonchev–Trinajstić information content (AvgIpc) is 2.04. The van der Waals surface area contributed by atoms with Crippen LogP contribution in [0.15, 0.2) is 12.1 Å². The Balaban J connectivity index is 0.000000791. The van der Waals surface area contributed by atoms with E-state index in [1.54, 1.807) is 6.07 Å². The number of hydrogen-bond acceptors (Lipinski definition) is 0. The minimum Gasteiger partial charge on any atom is -0.207 e. The Bertz CT molecular complexity index is 269. The SMILES string of the molecule is CC.Cc1cc(F)c(C(C)C)c(Cl)c1. The predicted octanol–water partition coefficient (Wildman–Crippen LogP) is 4.94. The van der Waals surface area contributed by atoms with Crippen LogP contribution >= 0.6 is 11.6 Å². The molecule has 1 aromatic carbocycles. The molecule has 14 heavy (non-hydrogen) atoms. The van der Waals surface area contributed by atoms with Gasteiger partial charge in [0.25, 0.3) is 0 Å². The van der Waals surface area contributed by atoms with Crippen LogP contribution in [0.4, 0.5) is 4.39 Å². The first-order valence-corrected chi connectivity index (χ1v) is 5.35. The monoisotopic (exact) mass is 216 g/mol. The minimum absolute atomic E-state index is 0.137. The number of hydrogen-bond donors (Lipinski definition) is 0. The van der Waals surface area contributed by atoms with Crippen molar-refractivity contribution in [2.75, 3.05) is 0 Å². The van der Waals surface area contributed by atoms with Crippen LogP contribution in [-0.4, -0.2) is 0 Å². The molecule has 0 radical (unpaired) electrons. The summed E-state index contributed by atoms with van der Waals surface area (Å²) < 4.78 is 13.3. The van der Waals surface area contributed by atoms with Crippen molar-refractivity contribution in [1.82, 2.24) is 0 Å². The summed E-state index contributed by atoms with van der Waals surface area (Å²) in [5.74, 6) is -0.0619. The molecule has 1 aromatic rings. The lowest BCUT2D eigenvalue weighted by Gasteiger charge is -2.09. The second kappa shape index (κ2) is 6.02. The lowest BCUT2D eigenvalue weighted by molar-refractivity contribution is 0.597. The molecule has 0 aromatic heterocycles. The molecule has 1 rings (SSSR count). The van der Waals surface area contributed by atoms with Crippen molar-refractivity contribution < 1.29 is 4.39 Å². The van der Waals surface area contributed by atoms with Crippen molar-refractivity contribution in [3.05, 3.63) is 34.1 Å². The predicted molar refractivity (Wildman–Crippen MR) is 61.6 cm³/mol. The molecule has 0 heterocycles. The fourth-order valence-electron chi connectivity index (χ4n) is 1.26. The highest BCUT2D eigenvalue weighted by Gasteiger charge is 2.11. The molecular formula is C12H18ClF. The lowest BCUT2D eigenvalue weighted by atomic mass is 10.0. The van der Waals surface area contributed by atoms with E-state index in [-0.39, 0.29) is 11.7 Å². The van der Waals surface area contributed by atoms with E-state index in [4.69, 9.17) is 11.6 Å². The van der Waals surface area contributed by atoms with Crippen molar-refractivity contribution in [1.29, 1.82) is 0 Å². The first-order chi connectivity index (χ1) is 6.52. The van der Waals surface area contributed by atoms with Crippen LogP contribution in [0.3, 0.4) is 0 Å². The zero-order valence-electron chi connectivity index (χ0n) is 9.49. The molecule has 0 aliphatic heterocycles. The lowest BCUT2D eigenvalue weighted by Crippen LogP contribution is -1.95. The van der Waals surface area contributed by atoms with Crippen LogP contribution in [0.2, 0.25) is 5.02 Å². The van der Waals surface area contributed by atoms with Crippen LogP contribution in [0.1, 0.15) is 44.7 Å². The minimum atomic E-state index is -0.199. The number of rotatable bonds is 1. The van der Waals surface area contributed by atoms with Gasteiger partial charge < -0.3 is 0 Å². The van der Waals surface area contributed by atoms with Gasteiger partial charge in [0, 0.05) is 10.6 Å². The molecule has 0 N–H and O–H groups in total. The van der Waals surface area contributed by atoms with E-state index in [0.717, 1.165) is 5.56 Å². The topological polar surface area (TPSA) is 0 Å².